The fourth-order valence-electron chi connectivity index (χ4n) is 4.63. The van der Waals surface area contributed by atoms with Gasteiger partial charge in [0, 0.05) is 18.7 Å². The van der Waals surface area contributed by atoms with Crippen LogP contribution in [0.5, 0.6) is 17.2 Å². The van der Waals surface area contributed by atoms with Gasteiger partial charge in [0.2, 0.25) is 0 Å². The summed E-state index contributed by atoms with van der Waals surface area (Å²) in [5.74, 6) is 1.33. The molecule has 0 bridgehead atoms. The zero-order chi connectivity index (χ0) is 26.6. The van der Waals surface area contributed by atoms with Crippen LogP contribution in [0.3, 0.4) is 0 Å². The number of carboxylic acid groups (broad SMARTS) is 1. The normalized spacial score (nSPS) is 14.6. The van der Waals surface area contributed by atoms with Crippen molar-refractivity contribution in [3.8, 4) is 28.4 Å². The van der Waals surface area contributed by atoms with Crippen LogP contribution in [0.25, 0.3) is 11.1 Å². The van der Waals surface area contributed by atoms with Gasteiger partial charge in [-0.15, -0.1) is 0 Å². The van der Waals surface area contributed by atoms with Crippen molar-refractivity contribution in [2.75, 3.05) is 18.6 Å². The first-order valence-electron chi connectivity index (χ1n) is 12.2. The zero-order valence-corrected chi connectivity index (χ0v) is 22.1. The molecule has 4 rings (SSSR count). The summed E-state index contributed by atoms with van der Waals surface area (Å²) in [6, 6.07) is 17.8. The van der Waals surface area contributed by atoms with Gasteiger partial charge < -0.3 is 19.3 Å². The monoisotopic (exact) mass is 524 g/mol. The number of aliphatic carboxylic acids is 1. The lowest BCUT2D eigenvalue weighted by atomic mass is 9.94. The van der Waals surface area contributed by atoms with Crippen molar-refractivity contribution in [1.29, 1.82) is 0 Å². The number of hydrogen-bond donors (Lipinski definition) is 1. The summed E-state index contributed by atoms with van der Waals surface area (Å²) in [6.07, 6.45) is 1.92. The number of aryl methyl sites for hydroxylation is 2. The number of sulfone groups is 1. The van der Waals surface area contributed by atoms with Gasteiger partial charge in [-0.25, -0.2) is 8.42 Å². The van der Waals surface area contributed by atoms with Crippen molar-refractivity contribution >= 4 is 15.8 Å². The summed E-state index contributed by atoms with van der Waals surface area (Å²) in [4.78, 5) is 11.0. The first-order chi connectivity index (χ1) is 17.6. The van der Waals surface area contributed by atoms with Crippen LogP contribution >= 0.6 is 0 Å². The molecule has 37 heavy (non-hydrogen) atoms. The Kier molecular flexibility index (Phi) is 8.07. The molecule has 3 aromatic carbocycles. The first-order valence-corrected chi connectivity index (χ1v) is 14.3. The molecule has 0 aromatic heterocycles. The maximum absolute atomic E-state index is 11.3. The minimum absolute atomic E-state index is 0.0210. The van der Waals surface area contributed by atoms with E-state index in [0.29, 0.717) is 37.6 Å². The topological polar surface area (TPSA) is 99.1 Å². The zero-order valence-electron chi connectivity index (χ0n) is 21.3. The van der Waals surface area contributed by atoms with Gasteiger partial charge in [0.05, 0.1) is 18.8 Å². The Morgan fingerprint density at radius 1 is 1.03 bits per heavy atom. The summed E-state index contributed by atoms with van der Waals surface area (Å²) in [5, 5.41) is 9.01. The van der Waals surface area contributed by atoms with Gasteiger partial charge in [0.25, 0.3) is 0 Å². The molecule has 0 aliphatic carbocycles. The van der Waals surface area contributed by atoms with E-state index in [-0.39, 0.29) is 18.3 Å². The maximum Gasteiger partial charge on any atom is 0.307 e. The highest BCUT2D eigenvalue weighted by atomic mass is 32.2. The summed E-state index contributed by atoms with van der Waals surface area (Å²) in [7, 11) is -2.99. The highest BCUT2D eigenvalue weighted by molar-refractivity contribution is 7.90. The van der Waals surface area contributed by atoms with Crippen LogP contribution in [0.4, 0.5) is 0 Å². The van der Waals surface area contributed by atoms with Crippen molar-refractivity contribution < 1.29 is 32.5 Å². The molecule has 1 unspecified atom stereocenters. The van der Waals surface area contributed by atoms with E-state index in [1.165, 1.54) is 6.26 Å². The second-order valence-corrected chi connectivity index (χ2v) is 11.8. The van der Waals surface area contributed by atoms with E-state index in [9.17, 15) is 13.2 Å². The molecule has 1 N–H and O–H groups in total. The SMILES string of the molecule is Cc1cc(OCCCS(C)(=O)=O)cc(C)c1-c1cccc(COc2ccc3c(c2)OC(CC(=O)O)C3)c1. The molecule has 1 heterocycles. The van der Waals surface area contributed by atoms with Crippen LogP contribution in [-0.4, -0.2) is 44.2 Å². The number of rotatable bonds is 11. The standard InChI is InChI=1S/C29H32O7S/c1-19-12-25(34-10-5-11-37(3,32)33)13-20(2)29(19)23-7-4-6-21(14-23)18-35-24-9-8-22-15-26(17-28(30)31)36-27(22)16-24/h4,6-9,12-14,16,26H,5,10-11,15,17-18H2,1-3H3,(H,30,31). The Morgan fingerprint density at radius 3 is 2.49 bits per heavy atom. The lowest BCUT2D eigenvalue weighted by molar-refractivity contribution is -0.138. The molecule has 8 heteroatoms. The van der Waals surface area contributed by atoms with Crippen molar-refractivity contribution in [3.63, 3.8) is 0 Å². The van der Waals surface area contributed by atoms with Gasteiger partial charge in [-0.1, -0.05) is 24.3 Å². The summed E-state index contributed by atoms with van der Waals surface area (Å²) in [6.45, 7) is 4.81. The van der Waals surface area contributed by atoms with E-state index in [1.807, 2.05) is 56.3 Å². The Balaban J connectivity index is 1.40. The molecule has 0 spiro atoms. The van der Waals surface area contributed by atoms with Crippen molar-refractivity contribution in [1.82, 2.24) is 0 Å². The van der Waals surface area contributed by atoms with E-state index in [2.05, 4.69) is 12.1 Å². The van der Waals surface area contributed by atoms with Crippen LogP contribution < -0.4 is 14.2 Å². The number of carboxylic acids is 1. The molecule has 0 saturated carbocycles. The second-order valence-electron chi connectivity index (χ2n) is 9.56. The quantitative estimate of drug-likeness (QED) is 0.347. The highest BCUT2D eigenvalue weighted by Crippen LogP contribution is 2.34. The minimum atomic E-state index is -2.99. The molecule has 7 nitrogen and oxygen atoms in total. The number of carbonyl (C=O) groups is 1. The van der Waals surface area contributed by atoms with Crippen LogP contribution in [0, 0.1) is 13.8 Å². The predicted molar refractivity (Wildman–Crippen MR) is 142 cm³/mol. The van der Waals surface area contributed by atoms with Crippen LogP contribution in [-0.2, 0) is 27.7 Å². The van der Waals surface area contributed by atoms with Gasteiger partial charge >= 0.3 is 5.97 Å². The molecule has 0 saturated heterocycles. The van der Waals surface area contributed by atoms with Crippen molar-refractivity contribution in [2.24, 2.45) is 0 Å². The smallest absolute Gasteiger partial charge is 0.307 e. The average molecular weight is 525 g/mol. The molecule has 1 atom stereocenters. The summed E-state index contributed by atoms with van der Waals surface area (Å²) >= 11 is 0. The lowest BCUT2D eigenvalue weighted by Crippen LogP contribution is -2.17. The number of fused-ring (bicyclic) bond motifs is 1. The Labute approximate surface area is 217 Å². The second kappa shape index (κ2) is 11.3. The highest BCUT2D eigenvalue weighted by Gasteiger charge is 2.25. The number of hydrogen-bond acceptors (Lipinski definition) is 6. The third-order valence-corrected chi connectivity index (χ3v) is 7.27. The van der Waals surface area contributed by atoms with Gasteiger partial charge in [0.1, 0.15) is 39.8 Å². The van der Waals surface area contributed by atoms with Crippen molar-refractivity contribution in [3.05, 3.63) is 76.9 Å². The fraction of sp³-hybridized carbons (Fsp3) is 0.345. The van der Waals surface area contributed by atoms with Crippen LogP contribution in [0.2, 0.25) is 0 Å². The summed E-state index contributed by atoms with van der Waals surface area (Å²) < 4.78 is 40.2. The van der Waals surface area contributed by atoms with Crippen molar-refractivity contribution in [2.45, 2.75) is 45.8 Å². The van der Waals surface area contributed by atoms with E-state index < -0.39 is 15.8 Å². The van der Waals surface area contributed by atoms with E-state index in [4.69, 9.17) is 19.3 Å². The minimum Gasteiger partial charge on any atom is -0.494 e. The fourth-order valence-corrected chi connectivity index (χ4v) is 5.28. The number of ether oxygens (including phenoxy) is 3. The predicted octanol–water partition coefficient (Wildman–Crippen LogP) is 5.14. The average Bonchev–Trinajstić information content (AvgIpc) is 3.20. The third kappa shape index (κ3) is 7.26. The molecular formula is C29H32O7S. The van der Waals surface area contributed by atoms with E-state index >= 15 is 0 Å². The van der Waals surface area contributed by atoms with Gasteiger partial charge in [-0.3, -0.25) is 4.79 Å². The third-order valence-electron chi connectivity index (χ3n) is 6.24. The molecule has 1 aliphatic heterocycles. The van der Waals surface area contributed by atoms with Gasteiger partial charge in [-0.2, -0.15) is 0 Å². The Morgan fingerprint density at radius 2 is 1.78 bits per heavy atom. The van der Waals surface area contributed by atoms with E-state index in [0.717, 1.165) is 39.1 Å². The van der Waals surface area contributed by atoms with Crippen LogP contribution in [0.1, 0.15) is 35.1 Å². The first kappa shape index (κ1) is 26.5. The van der Waals surface area contributed by atoms with Gasteiger partial charge in [-0.05, 0) is 77.9 Å². The molecule has 3 aromatic rings. The molecule has 0 fully saturated rings. The largest absolute Gasteiger partial charge is 0.494 e. The Bertz CT molecular complexity index is 1370. The maximum atomic E-state index is 11.3. The van der Waals surface area contributed by atoms with Gasteiger partial charge in [0.15, 0.2) is 0 Å². The number of benzene rings is 3. The molecular weight excluding hydrogens is 492 g/mol. The van der Waals surface area contributed by atoms with E-state index in [1.54, 1.807) is 0 Å². The molecule has 0 amide bonds. The lowest BCUT2D eigenvalue weighted by Gasteiger charge is -2.15. The molecule has 196 valence electrons. The van der Waals surface area contributed by atoms with Crippen LogP contribution in [0.15, 0.2) is 54.6 Å². The molecule has 1 aliphatic rings. The molecule has 0 radical (unpaired) electrons. The summed E-state index contributed by atoms with van der Waals surface area (Å²) in [5.41, 5.74) is 6.36. The Hall–Kier alpha value is -3.52.